The second kappa shape index (κ2) is 5.12. The molecule has 114 valence electrons. The molecule has 4 fully saturated rings. The standard InChI is InChI=1S/C18H25NOS/c1-11-3-4-21-16(11)10-19(2)18(20)17-14-6-12-5-13(8-14)9-15(17)7-12/h3-4,12-15,17H,5-10H2,1-2H3. The van der Waals surface area contributed by atoms with E-state index in [2.05, 4.69) is 18.4 Å². The quantitative estimate of drug-likeness (QED) is 0.823. The van der Waals surface area contributed by atoms with Crippen LogP contribution in [0.2, 0.25) is 0 Å². The third kappa shape index (κ3) is 2.34. The summed E-state index contributed by atoms with van der Waals surface area (Å²) in [6, 6.07) is 2.15. The fraction of sp³-hybridized carbons (Fsp3) is 0.722. The molecule has 4 aliphatic carbocycles. The van der Waals surface area contributed by atoms with Crippen LogP contribution in [0.25, 0.3) is 0 Å². The molecular weight excluding hydrogens is 278 g/mol. The second-order valence-electron chi connectivity index (χ2n) is 7.68. The lowest BCUT2D eigenvalue weighted by Crippen LogP contribution is -2.51. The predicted molar refractivity (Wildman–Crippen MR) is 86.1 cm³/mol. The molecule has 0 saturated heterocycles. The van der Waals surface area contributed by atoms with E-state index in [-0.39, 0.29) is 0 Å². The van der Waals surface area contributed by atoms with Crippen molar-refractivity contribution in [1.29, 1.82) is 0 Å². The lowest BCUT2D eigenvalue weighted by atomic mass is 9.51. The molecule has 5 rings (SSSR count). The Morgan fingerprint density at radius 1 is 1.19 bits per heavy atom. The number of rotatable bonds is 3. The minimum absolute atomic E-state index is 0.336. The van der Waals surface area contributed by atoms with E-state index in [0.29, 0.717) is 23.7 Å². The van der Waals surface area contributed by atoms with Crippen molar-refractivity contribution in [2.45, 2.75) is 45.6 Å². The number of thiophene rings is 1. The molecule has 4 saturated carbocycles. The van der Waals surface area contributed by atoms with E-state index in [4.69, 9.17) is 0 Å². The van der Waals surface area contributed by atoms with Crippen molar-refractivity contribution in [1.82, 2.24) is 4.90 Å². The van der Waals surface area contributed by atoms with Crippen LogP contribution in [0.15, 0.2) is 11.4 Å². The number of aryl methyl sites for hydroxylation is 1. The van der Waals surface area contributed by atoms with Crippen LogP contribution in [-0.2, 0) is 11.3 Å². The zero-order valence-electron chi connectivity index (χ0n) is 13.0. The van der Waals surface area contributed by atoms with Gasteiger partial charge in [-0.3, -0.25) is 4.79 Å². The predicted octanol–water partition coefficient (Wildman–Crippen LogP) is 4.09. The summed E-state index contributed by atoms with van der Waals surface area (Å²) in [5.41, 5.74) is 1.32. The highest BCUT2D eigenvalue weighted by molar-refractivity contribution is 7.10. The van der Waals surface area contributed by atoms with Gasteiger partial charge in [-0.1, -0.05) is 0 Å². The Morgan fingerprint density at radius 3 is 2.33 bits per heavy atom. The molecule has 4 bridgehead atoms. The van der Waals surface area contributed by atoms with E-state index in [0.717, 1.165) is 18.4 Å². The van der Waals surface area contributed by atoms with Crippen LogP contribution >= 0.6 is 11.3 Å². The van der Waals surface area contributed by atoms with E-state index in [1.807, 2.05) is 11.9 Å². The maximum Gasteiger partial charge on any atom is 0.226 e. The first kappa shape index (κ1) is 13.8. The Balaban J connectivity index is 1.48. The van der Waals surface area contributed by atoms with Crippen molar-refractivity contribution in [3.63, 3.8) is 0 Å². The van der Waals surface area contributed by atoms with Gasteiger partial charge in [0.2, 0.25) is 5.91 Å². The van der Waals surface area contributed by atoms with Crippen LogP contribution in [-0.4, -0.2) is 17.9 Å². The van der Waals surface area contributed by atoms with Gasteiger partial charge in [0.05, 0.1) is 6.54 Å². The summed E-state index contributed by atoms with van der Waals surface area (Å²) in [7, 11) is 2.01. The van der Waals surface area contributed by atoms with Crippen molar-refractivity contribution in [3.8, 4) is 0 Å². The number of hydrogen-bond donors (Lipinski definition) is 0. The summed E-state index contributed by atoms with van der Waals surface area (Å²) >= 11 is 1.78. The lowest BCUT2D eigenvalue weighted by molar-refractivity contribution is -0.148. The third-order valence-corrected chi connectivity index (χ3v) is 7.24. The first-order valence-electron chi connectivity index (χ1n) is 8.39. The highest BCUT2D eigenvalue weighted by Gasteiger charge is 2.51. The molecule has 1 amide bonds. The molecule has 1 aromatic rings. The van der Waals surface area contributed by atoms with Gasteiger partial charge >= 0.3 is 0 Å². The summed E-state index contributed by atoms with van der Waals surface area (Å²) in [6.07, 6.45) is 6.77. The zero-order chi connectivity index (χ0) is 14.6. The number of carbonyl (C=O) groups excluding carboxylic acids is 1. The van der Waals surface area contributed by atoms with Crippen LogP contribution in [0.5, 0.6) is 0 Å². The minimum Gasteiger partial charge on any atom is -0.340 e. The van der Waals surface area contributed by atoms with Crippen LogP contribution in [0.4, 0.5) is 0 Å². The van der Waals surface area contributed by atoms with Gasteiger partial charge in [-0.05, 0) is 79.7 Å². The highest BCUT2D eigenvalue weighted by Crippen LogP contribution is 2.56. The average Bonchev–Trinajstić information content (AvgIpc) is 2.82. The number of amides is 1. The summed E-state index contributed by atoms with van der Waals surface area (Å²) in [5.74, 6) is 4.05. The normalized spacial score (nSPS) is 37.0. The van der Waals surface area contributed by atoms with Crippen LogP contribution in [0, 0.1) is 36.5 Å². The molecule has 0 aliphatic heterocycles. The van der Waals surface area contributed by atoms with Crippen molar-refractivity contribution in [2.75, 3.05) is 7.05 Å². The maximum atomic E-state index is 13.0. The van der Waals surface area contributed by atoms with E-state index in [1.54, 1.807) is 11.3 Å². The van der Waals surface area contributed by atoms with Gasteiger partial charge in [-0.15, -0.1) is 11.3 Å². The summed E-state index contributed by atoms with van der Waals surface area (Å²) < 4.78 is 0. The van der Waals surface area contributed by atoms with Gasteiger partial charge in [0, 0.05) is 17.8 Å². The van der Waals surface area contributed by atoms with Gasteiger partial charge in [-0.2, -0.15) is 0 Å². The molecule has 0 atom stereocenters. The number of nitrogens with zero attached hydrogens (tertiary/aromatic N) is 1. The van der Waals surface area contributed by atoms with Crippen molar-refractivity contribution < 1.29 is 4.79 Å². The van der Waals surface area contributed by atoms with Crippen LogP contribution in [0.1, 0.15) is 42.5 Å². The van der Waals surface area contributed by atoms with Gasteiger partial charge < -0.3 is 4.90 Å². The van der Waals surface area contributed by atoms with Gasteiger partial charge in [0.1, 0.15) is 0 Å². The average molecular weight is 303 g/mol. The molecule has 0 spiro atoms. The van der Waals surface area contributed by atoms with Crippen LogP contribution < -0.4 is 0 Å². The topological polar surface area (TPSA) is 20.3 Å². The van der Waals surface area contributed by atoms with Crippen molar-refractivity contribution in [2.24, 2.45) is 29.6 Å². The largest absolute Gasteiger partial charge is 0.340 e. The molecule has 0 N–H and O–H groups in total. The molecular formula is C18H25NOS. The Hall–Kier alpha value is -0.830. The summed E-state index contributed by atoms with van der Waals surface area (Å²) in [6.45, 7) is 2.94. The summed E-state index contributed by atoms with van der Waals surface area (Å²) in [4.78, 5) is 16.3. The van der Waals surface area contributed by atoms with Crippen molar-refractivity contribution >= 4 is 17.2 Å². The molecule has 0 aromatic carbocycles. The van der Waals surface area contributed by atoms with Gasteiger partial charge in [-0.25, -0.2) is 0 Å². The first-order chi connectivity index (χ1) is 10.1. The monoisotopic (exact) mass is 303 g/mol. The fourth-order valence-electron chi connectivity index (χ4n) is 5.44. The van der Waals surface area contributed by atoms with E-state index < -0.39 is 0 Å². The smallest absolute Gasteiger partial charge is 0.226 e. The molecule has 3 heteroatoms. The van der Waals surface area contributed by atoms with E-state index >= 15 is 0 Å². The minimum atomic E-state index is 0.336. The van der Waals surface area contributed by atoms with E-state index in [1.165, 1.54) is 42.5 Å². The molecule has 0 radical (unpaired) electrons. The number of hydrogen-bond acceptors (Lipinski definition) is 2. The van der Waals surface area contributed by atoms with Gasteiger partial charge in [0.15, 0.2) is 0 Å². The summed E-state index contributed by atoms with van der Waals surface area (Å²) in [5, 5.41) is 2.13. The molecule has 21 heavy (non-hydrogen) atoms. The Labute approximate surface area is 131 Å². The number of carbonyl (C=O) groups is 1. The Kier molecular flexibility index (Phi) is 3.36. The van der Waals surface area contributed by atoms with E-state index in [9.17, 15) is 4.79 Å². The first-order valence-corrected chi connectivity index (χ1v) is 9.27. The van der Waals surface area contributed by atoms with Crippen LogP contribution in [0.3, 0.4) is 0 Å². The third-order valence-electron chi connectivity index (χ3n) is 6.24. The zero-order valence-corrected chi connectivity index (χ0v) is 13.9. The Morgan fingerprint density at radius 2 is 1.81 bits per heavy atom. The molecule has 2 nitrogen and oxygen atoms in total. The molecule has 4 aliphatic rings. The molecule has 1 heterocycles. The lowest BCUT2D eigenvalue weighted by Gasteiger charge is -2.54. The van der Waals surface area contributed by atoms with Crippen molar-refractivity contribution in [3.05, 3.63) is 21.9 Å². The molecule has 0 unspecified atom stereocenters. The second-order valence-corrected chi connectivity index (χ2v) is 8.68. The SMILES string of the molecule is Cc1ccsc1CN(C)C(=O)C1C2CC3CC(C2)CC1C3. The highest BCUT2D eigenvalue weighted by atomic mass is 32.1. The maximum absolute atomic E-state index is 13.0. The Bertz CT molecular complexity index is 521. The fourth-order valence-corrected chi connectivity index (χ4v) is 6.40. The molecule has 1 aromatic heterocycles. The van der Waals surface area contributed by atoms with Gasteiger partial charge in [0.25, 0.3) is 0 Å².